The standard InChI is InChI=1S/C13H16FNO4/c1-8(2)6-10(13(16)17)7-9-4-3-5-11(12(9)14)15(18)19/h3-5,8,10H,6-7H2,1-2H3,(H,16,17). The van der Waals surface area contributed by atoms with Crippen LogP contribution in [0, 0.1) is 27.8 Å². The second kappa shape index (κ2) is 6.26. The second-order valence-corrected chi connectivity index (χ2v) is 4.88. The maximum Gasteiger partial charge on any atom is 0.306 e. The molecule has 0 aliphatic rings. The molecule has 0 heterocycles. The van der Waals surface area contributed by atoms with Crippen molar-refractivity contribution >= 4 is 11.7 Å². The predicted molar refractivity (Wildman–Crippen MR) is 67.3 cm³/mol. The summed E-state index contributed by atoms with van der Waals surface area (Å²) >= 11 is 0. The van der Waals surface area contributed by atoms with Gasteiger partial charge in [0.15, 0.2) is 0 Å². The minimum Gasteiger partial charge on any atom is -0.481 e. The monoisotopic (exact) mass is 269 g/mol. The lowest BCUT2D eigenvalue weighted by Crippen LogP contribution is -2.19. The molecular formula is C13H16FNO4. The molecule has 1 atom stereocenters. The molecule has 0 amide bonds. The molecule has 1 N–H and O–H groups in total. The van der Waals surface area contributed by atoms with Crippen LogP contribution in [0.15, 0.2) is 18.2 Å². The fourth-order valence-electron chi connectivity index (χ4n) is 1.97. The van der Waals surface area contributed by atoms with Gasteiger partial charge >= 0.3 is 11.7 Å². The van der Waals surface area contributed by atoms with Crippen molar-refractivity contribution in [1.29, 1.82) is 0 Å². The summed E-state index contributed by atoms with van der Waals surface area (Å²) in [6, 6.07) is 3.82. The van der Waals surface area contributed by atoms with Crippen LogP contribution in [0.4, 0.5) is 10.1 Å². The number of carboxylic acid groups (broad SMARTS) is 1. The molecule has 6 heteroatoms. The summed E-state index contributed by atoms with van der Waals surface area (Å²) in [5.74, 6) is -2.54. The number of carbonyl (C=O) groups is 1. The Balaban J connectivity index is 3.00. The smallest absolute Gasteiger partial charge is 0.306 e. The lowest BCUT2D eigenvalue weighted by Gasteiger charge is -2.14. The van der Waals surface area contributed by atoms with Gasteiger partial charge in [-0.2, -0.15) is 4.39 Å². The van der Waals surface area contributed by atoms with Crippen molar-refractivity contribution in [2.75, 3.05) is 0 Å². The van der Waals surface area contributed by atoms with Crippen LogP contribution >= 0.6 is 0 Å². The van der Waals surface area contributed by atoms with E-state index in [0.29, 0.717) is 6.42 Å². The van der Waals surface area contributed by atoms with E-state index in [1.807, 2.05) is 13.8 Å². The van der Waals surface area contributed by atoms with Crippen LogP contribution in [0.1, 0.15) is 25.8 Å². The molecule has 0 fully saturated rings. The van der Waals surface area contributed by atoms with Gasteiger partial charge in [-0.25, -0.2) is 0 Å². The van der Waals surface area contributed by atoms with Crippen LogP contribution in [0.25, 0.3) is 0 Å². The number of hydrogen-bond donors (Lipinski definition) is 1. The highest BCUT2D eigenvalue weighted by Crippen LogP contribution is 2.24. The van der Waals surface area contributed by atoms with Gasteiger partial charge in [0.05, 0.1) is 10.8 Å². The number of halogens is 1. The SMILES string of the molecule is CC(C)CC(Cc1cccc([N+](=O)[O-])c1F)C(=O)O. The number of nitro benzene ring substituents is 1. The summed E-state index contributed by atoms with van der Waals surface area (Å²) in [6.45, 7) is 3.75. The minimum atomic E-state index is -1.01. The number of benzene rings is 1. The predicted octanol–water partition coefficient (Wildman–Crippen LogP) is 3.02. The number of nitrogens with zero attached hydrogens (tertiary/aromatic N) is 1. The number of aliphatic carboxylic acids is 1. The Morgan fingerprint density at radius 2 is 2.11 bits per heavy atom. The molecule has 5 nitrogen and oxygen atoms in total. The maximum atomic E-state index is 13.8. The Morgan fingerprint density at radius 3 is 2.58 bits per heavy atom. The molecule has 1 rings (SSSR count). The molecule has 0 aromatic heterocycles. The van der Waals surface area contributed by atoms with Gasteiger partial charge in [0.2, 0.25) is 5.82 Å². The van der Waals surface area contributed by atoms with Gasteiger partial charge in [0.1, 0.15) is 0 Å². The summed E-state index contributed by atoms with van der Waals surface area (Å²) in [6.07, 6.45) is 0.360. The van der Waals surface area contributed by atoms with Crippen LogP contribution in [-0.4, -0.2) is 16.0 Å². The molecule has 1 aromatic carbocycles. The van der Waals surface area contributed by atoms with E-state index in [-0.39, 0.29) is 17.9 Å². The summed E-state index contributed by atoms with van der Waals surface area (Å²) in [5.41, 5.74) is -0.548. The molecule has 0 radical (unpaired) electrons. The third-order valence-corrected chi connectivity index (χ3v) is 2.83. The molecule has 0 spiro atoms. The third kappa shape index (κ3) is 4.01. The quantitative estimate of drug-likeness (QED) is 0.635. The van der Waals surface area contributed by atoms with Crippen LogP contribution in [0.2, 0.25) is 0 Å². The molecule has 1 aromatic rings. The highest BCUT2D eigenvalue weighted by Gasteiger charge is 2.24. The van der Waals surface area contributed by atoms with Crippen LogP contribution in [0.5, 0.6) is 0 Å². The van der Waals surface area contributed by atoms with Crippen molar-refractivity contribution in [3.05, 3.63) is 39.7 Å². The van der Waals surface area contributed by atoms with Gasteiger partial charge in [0, 0.05) is 6.07 Å². The lowest BCUT2D eigenvalue weighted by molar-refractivity contribution is -0.387. The third-order valence-electron chi connectivity index (χ3n) is 2.83. The molecular weight excluding hydrogens is 253 g/mol. The normalized spacial score (nSPS) is 12.4. The zero-order chi connectivity index (χ0) is 14.6. The summed E-state index contributed by atoms with van der Waals surface area (Å²) in [4.78, 5) is 20.9. The lowest BCUT2D eigenvalue weighted by atomic mass is 9.90. The van der Waals surface area contributed by atoms with Gasteiger partial charge in [-0.15, -0.1) is 0 Å². The van der Waals surface area contributed by atoms with E-state index < -0.39 is 28.3 Å². The van der Waals surface area contributed by atoms with Crippen LogP contribution in [-0.2, 0) is 11.2 Å². The van der Waals surface area contributed by atoms with Gasteiger partial charge < -0.3 is 5.11 Å². The van der Waals surface area contributed by atoms with Gasteiger partial charge in [-0.05, 0) is 24.3 Å². The van der Waals surface area contributed by atoms with Crippen molar-refractivity contribution in [2.45, 2.75) is 26.7 Å². The Hall–Kier alpha value is -1.98. The summed E-state index contributed by atoms with van der Waals surface area (Å²) in [7, 11) is 0. The molecule has 0 saturated heterocycles. The van der Waals surface area contributed by atoms with Gasteiger partial charge in [0.25, 0.3) is 0 Å². The van der Waals surface area contributed by atoms with E-state index in [4.69, 9.17) is 5.11 Å². The van der Waals surface area contributed by atoms with Crippen molar-refractivity contribution < 1.29 is 19.2 Å². The molecule has 0 aliphatic heterocycles. The first kappa shape index (κ1) is 15.1. The van der Waals surface area contributed by atoms with E-state index in [1.165, 1.54) is 12.1 Å². The fourth-order valence-corrected chi connectivity index (χ4v) is 1.97. The number of hydrogen-bond acceptors (Lipinski definition) is 3. The van der Waals surface area contributed by atoms with Crippen molar-refractivity contribution in [2.24, 2.45) is 11.8 Å². The van der Waals surface area contributed by atoms with E-state index in [1.54, 1.807) is 0 Å². The molecule has 0 aliphatic carbocycles. The van der Waals surface area contributed by atoms with Crippen molar-refractivity contribution in [1.82, 2.24) is 0 Å². The Morgan fingerprint density at radius 1 is 1.47 bits per heavy atom. The maximum absolute atomic E-state index is 13.8. The van der Waals surface area contributed by atoms with Crippen LogP contribution in [0.3, 0.4) is 0 Å². The Labute approximate surface area is 110 Å². The summed E-state index contributed by atoms with van der Waals surface area (Å²) < 4.78 is 13.8. The van der Waals surface area contributed by atoms with E-state index in [9.17, 15) is 19.3 Å². The van der Waals surface area contributed by atoms with Crippen LogP contribution < -0.4 is 0 Å². The average Bonchev–Trinajstić information content (AvgIpc) is 2.29. The second-order valence-electron chi connectivity index (χ2n) is 4.88. The van der Waals surface area contributed by atoms with E-state index in [0.717, 1.165) is 6.07 Å². The number of carboxylic acids is 1. The minimum absolute atomic E-state index is 0.0406. The highest BCUT2D eigenvalue weighted by atomic mass is 19.1. The Bertz CT molecular complexity index is 488. The van der Waals surface area contributed by atoms with Gasteiger partial charge in [-0.3, -0.25) is 14.9 Å². The molecule has 0 bridgehead atoms. The molecule has 1 unspecified atom stereocenters. The highest BCUT2D eigenvalue weighted by molar-refractivity contribution is 5.70. The van der Waals surface area contributed by atoms with Crippen molar-refractivity contribution in [3.8, 4) is 0 Å². The number of rotatable bonds is 6. The molecule has 0 saturated carbocycles. The Kier molecular flexibility index (Phi) is 4.97. The fraction of sp³-hybridized carbons (Fsp3) is 0.462. The van der Waals surface area contributed by atoms with E-state index >= 15 is 0 Å². The zero-order valence-electron chi connectivity index (χ0n) is 10.8. The summed E-state index contributed by atoms with van der Waals surface area (Å²) in [5, 5.41) is 19.7. The van der Waals surface area contributed by atoms with Gasteiger partial charge in [-0.1, -0.05) is 26.0 Å². The first-order valence-corrected chi connectivity index (χ1v) is 5.97. The average molecular weight is 269 g/mol. The first-order chi connectivity index (χ1) is 8.82. The van der Waals surface area contributed by atoms with E-state index in [2.05, 4.69) is 0 Å². The zero-order valence-corrected chi connectivity index (χ0v) is 10.8. The largest absolute Gasteiger partial charge is 0.481 e. The van der Waals surface area contributed by atoms with Crippen molar-refractivity contribution in [3.63, 3.8) is 0 Å². The number of nitro groups is 1. The first-order valence-electron chi connectivity index (χ1n) is 5.97. The topological polar surface area (TPSA) is 80.4 Å². The molecule has 19 heavy (non-hydrogen) atoms. The molecule has 104 valence electrons.